The van der Waals surface area contributed by atoms with Crippen molar-refractivity contribution < 1.29 is 33.4 Å². The van der Waals surface area contributed by atoms with Crippen molar-refractivity contribution in [1.29, 1.82) is 0 Å². The van der Waals surface area contributed by atoms with Crippen molar-refractivity contribution in [1.82, 2.24) is 25.4 Å². The lowest BCUT2D eigenvalue weighted by molar-refractivity contribution is -0.136. The van der Waals surface area contributed by atoms with Gasteiger partial charge in [-0.3, -0.25) is 29.6 Å². The summed E-state index contributed by atoms with van der Waals surface area (Å²) < 4.78 is 20.1. The summed E-state index contributed by atoms with van der Waals surface area (Å²) in [6.07, 6.45) is 0.464. The molecule has 4 amide bonds. The van der Waals surface area contributed by atoms with E-state index in [-0.39, 0.29) is 50.0 Å². The normalized spacial score (nSPS) is 23.7. The molecule has 2 saturated heterocycles. The highest BCUT2D eigenvalue weighted by Crippen LogP contribution is 2.32. The number of nitrogens with zero attached hydrogens (tertiary/aromatic N) is 3. The molecule has 0 radical (unpaired) electrons. The maximum atomic E-state index is 15.6. The van der Waals surface area contributed by atoms with E-state index in [9.17, 15) is 24.3 Å². The van der Waals surface area contributed by atoms with Crippen LogP contribution < -0.4 is 10.6 Å². The average Bonchev–Trinajstić information content (AvgIpc) is 3.38. The number of likely N-dealkylation sites (tertiary alicyclic amines) is 1. The van der Waals surface area contributed by atoms with Crippen LogP contribution in [0.5, 0.6) is 0 Å². The minimum Gasteiger partial charge on any atom is -0.453 e. The molecule has 0 spiro atoms. The minimum atomic E-state index is -0.815. The minimum absolute atomic E-state index is 0.121. The predicted molar refractivity (Wildman–Crippen MR) is 126 cm³/mol. The molecule has 5 rings (SSSR count). The Labute approximate surface area is 211 Å². The summed E-state index contributed by atoms with van der Waals surface area (Å²) in [7, 11) is 1.24. The number of hydrogen-bond acceptors (Lipinski definition) is 8. The third kappa shape index (κ3) is 4.77. The smallest absolute Gasteiger partial charge is 0.407 e. The first kappa shape index (κ1) is 24.8. The van der Waals surface area contributed by atoms with E-state index in [1.165, 1.54) is 18.2 Å². The summed E-state index contributed by atoms with van der Waals surface area (Å²) in [5.41, 5.74) is 2.06. The number of aliphatic hydroxyl groups excluding tert-OH is 1. The number of nitrogens with one attached hydrogen (secondary N) is 2. The van der Waals surface area contributed by atoms with Crippen LogP contribution in [0.1, 0.15) is 34.3 Å². The molecule has 0 bridgehead atoms. The zero-order valence-corrected chi connectivity index (χ0v) is 20.1. The van der Waals surface area contributed by atoms with Crippen molar-refractivity contribution in [3.63, 3.8) is 0 Å². The Kier molecular flexibility index (Phi) is 6.61. The molecule has 37 heavy (non-hydrogen) atoms. The number of fused-ring (bicyclic) bond motifs is 1. The number of pyridine rings is 1. The maximum Gasteiger partial charge on any atom is 0.407 e. The fourth-order valence-corrected chi connectivity index (χ4v) is 5.12. The van der Waals surface area contributed by atoms with E-state index in [0.717, 1.165) is 0 Å². The van der Waals surface area contributed by atoms with Gasteiger partial charge in [0.1, 0.15) is 11.7 Å². The van der Waals surface area contributed by atoms with Crippen molar-refractivity contribution in [3.8, 4) is 11.3 Å². The summed E-state index contributed by atoms with van der Waals surface area (Å²) in [5.74, 6) is -1.67. The van der Waals surface area contributed by atoms with Crippen LogP contribution in [0.25, 0.3) is 11.3 Å². The highest BCUT2D eigenvalue weighted by molar-refractivity contribution is 6.05. The molecule has 3 aliphatic heterocycles. The molecule has 12 heteroatoms. The molecular weight excluding hydrogens is 485 g/mol. The molecule has 3 aliphatic rings. The largest absolute Gasteiger partial charge is 0.453 e. The second-order valence-corrected chi connectivity index (χ2v) is 9.41. The fourth-order valence-electron chi connectivity index (χ4n) is 5.12. The summed E-state index contributed by atoms with van der Waals surface area (Å²) in [4.78, 5) is 55.7. The number of aliphatic hydroxyl groups is 1. The number of carbonyl (C=O) groups excluding carboxylic acids is 4. The Bertz CT molecular complexity index is 1290. The first-order valence-corrected chi connectivity index (χ1v) is 11.9. The quantitative estimate of drug-likeness (QED) is 0.495. The highest BCUT2D eigenvalue weighted by Gasteiger charge is 2.39. The van der Waals surface area contributed by atoms with Gasteiger partial charge in [0.25, 0.3) is 5.91 Å². The SMILES string of the molecule is COC(=O)N[C@H]1CN(Cc2ccnc(-c3ccc4c(c3)CN(C3CCC(=O)NC3=O)C4=O)c2F)C[C@@H]1O. The van der Waals surface area contributed by atoms with E-state index in [2.05, 4.69) is 20.4 Å². The van der Waals surface area contributed by atoms with Crippen LogP contribution in [0.3, 0.4) is 0 Å². The first-order valence-electron chi connectivity index (χ1n) is 11.9. The topological polar surface area (TPSA) is 141 Å². The number of piperidine rings is 1. The van der Waals surface area contributed by atoms with Crippen molar-refractivity contribution >= 4 is 23.8 Å². The number of methoxy groups -OCH3 is 1. The monoisotopic (exact) mass is 511 g/mol. The van der Waals surface area contributed by atoms with E-state index >= 15 is 4.39 Å². The van der Waals surface area contributed by atoms with Crippen LogP contribution in [0.2, 0.25) is 0 Å². The third-order valence-electron chi connectivity index (χ3n) is 7.01. The van der Waals surface area contributed by atoms with Gasteiger partial charge in [-0.1, -0.05) is 6.07 Å². The molecule has 3 atom stereocenters. The van der Waals surface area contributed by atoms with E-state index in [1.54, 1.807) is 24.3 Å². The second kappa shape index (κ2) is 9.87. The zero-order valence-electron chi connectivity index (χ0n) is 20.1. The van der Waals surface area contributed by atoms with Gasteiger partial charge in [0.2, 0.25) is 11.8 Å². The number of benzene rings is 1. The number of β-amino-alcohol motifs (C(OH)–C–C–N with tert-alkyl or cyclic N) is 1. The van der Waals surface area contributed by atoms with Crippen LogP contribution in [0.15, 0.2) is 30.5 Å². The van der Waals surface area contributed by atoms with E-state index in [4.69, 9.17) is 0 Å². The molecule has 3 N–H and O–H groups in total. The summed E-state index contributed by atoms with van der Waals surface area (Å²) in [5, 5.41) is 15.1. The van der Waals surface area contributed by atoms with Crippen molar-refractivity contribution in [3.05, 3.63) is 53.0 Å². The number of halogens is 1. The number of ether oxygens (including phenoxy) is 1. The first-order chi connectivity index (χ1) is 17.7. The molecule has 11 nitrogen and oxygen atoms in total. The second-order valence-electron chi connectivity index (χ2n) is 9.41. The van der Waals surface area contributed by atoms with E-state index in [1.807, 2.05) is 4.90 Å². The van der Waals surface area contributed by atoms with E-state index < -0.39 is 36.0 Å². The number of rotatable bonds is 5. The van der Waals surface area contributed by atoms with Crippen LogP contribution in [-0.4, -0.2) is 82.1 Å². The lowest BCUT2D eigenvalue weighted by Gasteiger charge is -2.29. The Morgan fingerprint density at radius 1 is 1.27 bits per heavy atom. The van der Waals surface area contributed by atoms with Crippen molar-refractivity contribution in [2.24, 2.45) is 0 Å². The Morgan fingerprint density at radius 3 is 2.84 bits per heavy atom. The molecule has 1 aromatic heterocycles. The molecule has 4 heterocycles. The summed E-state index contributed by atoms with van der Waals surface area (Å²) in [6, 6.07) is 5.23. The van der Waals surface area contributed by atoms with E-state index in [0.29, 0.717) is 28.8 Å². The van der Waals surface area contributed by atoms with Gasteiger partial charge in [-0.2, -0.15) is 0 Å². The van der Waals surface area contributed by atoms with Gasteiger partial charge in [-0.15, -0.1) is 0 Å². The molecule has 1 unspecified atom stereocenters. The van der Waals surface area contributed by atoms with Crippen molar-refractivity contribution in [2.75, 3.05) is 20.2 Å². The molecule has 1 aromatic carbocycles. The van der Waals surface area contributed by atoms with Gasteiger partial charge in [0.05, 0.1) is 19.3 Å². The molecule has 2 fully saturated rings. The molecule has 0 aliphatic carbocycles. The molecule has 194 valence electrons. The zero-order chi connectivity index (χ0) is 26.3. The number of amides is 4. The van der Waals surface area contributed by atoms with Crippen LogP contribution >= 0.6 is 0 Å². The number of imide groups is 1. The Morgan fingerprint density at radius 2 is 2.08 bits per heavy atom. The Balaban J connectivity index is 1.33. The number of carbonyl (C=O) groups is 4. The average molecular weight is 512 g/mol. The molecule has 2 aromatic rings. The van der Waals surface area contributed by atoms with Gasteiger partial charge in [0, 0.05) is 55.5 Å². The number of alkyl carbamates (subject to hydrolysis) is 1. The Hall–Kier alpha value is -3.90. The van der Waals surface area contributed by atoms with Crippen LogP contribution in [-0.2, 0) is 27.4 Å². The molecule has 0 saturated carbocycles. The third-order valence-corrected chi connectivity index (χ3v) is 7.01. The highest BCUT2D eigenvalue weighted by atomic mass is 19.1. The van der Waals surface area contributed by atoms with Crippen LogP contribution in [0.4, 0.5) is 9.18 Å². The van der Waals surface area contributed by atoms with Gasteiger partial charge < -0.3 is 20.1 Å². The number of hydrogen-bond donors (Lipinski definition) is 3. The fraction of sp³-hybridized carbons (Fsp3) is 0.400. The standard InChI is InChI=1S/C25H26FN5O6/c1-37-25(36)28-17-11-30(12-19(17)32)9-14-6-7-27-22(21(14)26)13-2-3-16-15(8-13)10-31(24(16)35)18-4-5-20(33)29-23(18)34/h2-3,6-8,17-19,32H,4-5,9-12H2,1H3,(H,28,36)(H,29,33,34)/t17-,18?,19-/m0/s1. The van der Waals surface area contributed by atoms with Gasteiger partial charge in [0.15, 0.2) is 5.82 Å². The van der Waals surface area contributed by atoms with Crippen LogP contribution in [0, 0.1) is 5.82 Å². The summed E-state index contributed by atoms with van der Waals surface area (Å²) in [6.45, 7) is 0.952. The predicted octanol–water partition coefficient (Wildman–Crippen LogP) is 0.550. The summed E-state index contributed by atoms with van der Waals surface area (Å²) >= 11 is 0. The maximum absolute atomic E-state index is 15.6. The van der Waals surface area contributed by atoms with Gasteiger partial charge in [-0.05, 0) is 30.2 Å². The number of aromatic nitrogens is 1. The lowest BCUT2D eigenvalue weighted by Crippen LogP contribution is -2.52. The van der Waals surface area contributed by atoms with Crippen molar-refractivity contribution in [2.45, 2.75) is 44.1 Å². The van der Waals surface area contributed by atoms with Gasteiger partial charge >= 0.3 is 6.09 Å². The van der Waals surface area contributed by atoms with Gasteiger partial charge in [-0.25, -0.2) is 9.18 Å². The molecular formula is C25H26FN5O6. The lowest BCUT2D eigenvalue weighted by atomic mass is 10.0.